The number of anilines is 1. The van der Waals surface area contributed by atoms with Gasteiger partial charge in [-0.05, 0) is 18.6 Å². The van der Waals surface area contributed by atoms with Crippen LogP contribution < -0.4 is 4.90 Å². The van der Waals surface area contributed by atoms with Crippen LogP contribution in [0.4, 0.5) is 5.69 Å². The molecule has 5 heteroatoms. The van der Waals surface area contributed by atoms with Gasteiger partial charge in [0, 0.05) is 51.5 Å². The number of para-hydroxylation sites is 1. The number of benzene rings is 1. The second-order valence-corrected chi connectivity index (χ2v) is 5.56. The van der Waals surface area contributed by atoms with Gasteiger partial charge < -0.3 is 9.80 Å². The molecule has 0 N–H and O–H groups in total. The number of hydrogen-bond acceptors (Lipinski definition) is 3. The molecular formula is C17H22N2O3. The lowest BCUT2D eigenvalue weighted by Crippen LogP contribution is -2.38. The van der Waals surface area contributed by atoms with E-state index in [2.05, 4.69) is 0 Å². The molecule has 1 saturated heterocycles. The highest BCUT2D eigenvalue weighted by atomic mass is 16.2. The van der Waals surface area contributed by atoms with Gasteiger partial charge in [0.15, 0.2) is 0 Å². The van der Waals surface area contributed by atoms with E-state index in [1.165, 1.54) is 0 Å². The molecule has 0 saturated carbocycles. The molecule has 2 rings (SSSR count). The maximum Gasteiger partial charge on any atom is 0.226 e. The molecule has 1 aliphatic heterocycles. The number of carbonyl (C=O) groups is 3. The summed E-state index contributed by atoms with van der Waals surface area (Å²) in [6.45, 7) is 1.05. The smallest absolute Gasteiger partial charge is 0.226 e. The minimum atomic E-state index is 0.00724. The van der Waals surface area contributed by atoms with Gasteiger partial charge in [0.25, 0.3) is 0 Å². The maximum absolute atomic E-state index is 12.1. The van der Waals surface area contributed by atoms with E-state index in [1.807, 2.05) is 30.3 Å². The van der Waals surface area contributed by atoms with Crippen molar-refractivity contribution in [3.05, 3.63) is 30.3 Å². The van der Waals surface area contributed by atoms with Crippen molar-refractivity contribution < 1.29 is 14.4 Å². The molecule has 1 heterocycles. The zero-order chi connectivity index (χ0) is 15.9. The standard InChI is InChI=1S/C17H22N2O3/c1-18(14-6-3-2-4-7-14)16(21)8-5-9-17(22)19-12-10-15(20)11-13-19/h2-4,6-7H,5,8-13H2,1H3. The van der Waals surface area contributed by atoms with Crippen molar-refractivity contribution in [3.8, 4) is 0 Å². The van der Waals surface area contributed by atoms with Gasteiger partial charge in [0.2, 0.25) is 11.8 Å². The highest BCUT2D eigenvalue weighted by Gasteiger charge is 2.20. The topological polar surface area (TPSA) is 57.7 Å². The van der Waals surface area contributed by atoms with Crippen LogP contribution in [0.25, 0.3) is 0 Å². The normalized spacial score (nSPS) is 14.8. The van der Waals surface area contributed by atoms with E-state index in [-0.39, 0.29) is 17.6 Å². The average molecular weight is 302 g/mol. The van der Waals surface area contributed by atoms with Crippen molar-refractivity contribution in [2.24, 2.45) is 0 Å². The quantitative estimate of drug-likeness (QED) is 0.836. The molecule has 1 aliphatic rings. The third kappa shape index (κ3) is 4.41. The van der Waals surface area contributed by atoms with E-state index in [1.54, 1.807) is 16.8 Å². The number of likely N-dealkylation sites (tertiary alicyclic amines) is 1. The van der Waals surface area contributed by atoms with Crippen molar-refractivity contribution in [3.63, 3.8) is 0 Å². The molecule has 2 amide bonds. The molecule has 0 aliphatic carbocycles. The Bertz CT molecular complexity index is 532. The number of rotatable bonds is 5. The molecule has 118 valence electrons. The van der Waals surface area contributed by atoms with Crippen LogP contribution in [0.1, 0.15) is 32.1 Å². The molecule has 0 bridgehead atoms. The first-order valence-corrected chi connectivity index (χ1v) is 7.69. The van der Waals surface area contributed by atoms with Crippen LogP contribution >= 0.6 is 0 Å². The first kappa shape index (κ1) is 16.2. The summed E-state index contributed by atoms with van der Waals surface area (Å²) in [5.41, 5.74) is 0.855. The number of ketones is 1. The monoisotopic (exact) mass is 302 g/mol. The summed E-state index contributed by atoms with van der Waals surface area (Å²) < 4.78 is 0. The van der Waals surface area contributed by atoms with Crippen molar-refractivity contribution >= 4 is 23.3 Å². The molecule has 5 nitrogen and oxygen atoms in total. The predicted octanol–water partition coefficient (Wildman–Crippen LogP) is 2.01. The average Bonchev–Trinajstić information content (AvgIpc) is 2.55. The van der Waals surface area contributed by atoms with E-state index in [0.717, 1.165) is 5.69 Å². The van der Waals surface area contributed by atoms with E-state index in [9.17, 15) is 14.4 Å². The summed E-state index contributed by atoms with van der Waals surface area (Å²) >= 11 is 0. The predicted molar refractivity (Wildman–Crippen MR) is 84.5 cm³/mol. The maximum atomic E-state index is 12.1. The summed E-state index contributed by atoms with van der Waals surface area (Å²) in [5, 5.41) is 0. The van der Waals surface area contributed by atoms with E-state index in [0.29, 0.717) is 45.2 Å². The minimum Gasteiger partial charge on any atom is -0.342 e. The highest BCUT2D eigenvalue weighted by Crippen LogP contribution is 2.14. The Balaban J connectivity index is 1.72. The second-order valence-electron chi connectivity index (χ2n) is 5.56. The van der Waals surface area contributed by atoms with Crippen LogP contribution in [0.3, 0.4) is 0 Å². The summed E-state index contributed by atoms with van der Waals surface area (Å²) in [4.78, 5) is 38.6. The number of piperidine rings is 1. The van der Waals surface area contributed by atoms with E-state index >= 15 is 0 Å². The van der Waals surface area contributed by atoms with Crippen LogP contribution in [-0.2, 0) is 14.4 Å². The summed E-state index contributed by atoms with van der Waals surface area (Å²) in [5.74, 6) is 0.277. The first-order valence-electron chi connectivity index (χ1n) is 7.69. The Hall–Kier alpha value is -2.17. The van der Waals surface area contributed by atoms with Gasteiger partial charge in [-0.3, -0.25) is 14.4 Å². The van der Waals surface area contributed by atoms with Crippen molar-refractivity contribution in [1.82, 2.24) is 4.90 Å². The van der Waals surface area contributed by atoms with Crippen LogP contribution in [-0.4, -0.2) is 42.6 Å². The Kier molecular flexibility index (Phi) is 5.69. The Morgan fingerprint density at radius 3 is 2.36 bits per heavy atom. The van der Waals surface area contributed by atoms with Gasteiger partial charge in [-0.1, -0.05) is 18.2 Å². The third-order valence-corrected chi connectivity index (χ3v) is 3.97. The van der Waals surface area contributed by atoms with E-state index in [4.69, 9.17) is 0 Å². The number of nitrogens with zero attached hydrogens (tertiary/aromatic N) is 2. The fourth-order valence-corrected chi connectivity index (χ4v) is 2.52. The van der Waals surface area contributed by atoms with Gasteiger partial charge in [0.05, 0.1) is 0 Å². The molecular weight excluding hydrogens is 280 g/mol. The Morgan fingerprint density at radius 1 is 1.09 bits per heavy atom. The van der Waals surface area contributed by atoms with Gasteiger partial charge in [0.1, 0.15) is 5.78 Å². The molecule has 1 aromatic rings. The SMILES string of the molecule is CN(C(=O)CCCC(=O)N1CCC(=O)CC1)c1ccccc1. The van der Waals surface area contributed by atoms with Crippen LogP contribution in [0.2, 0.25) is 0 Å². The molecule has 22 heavy (non-hydrogen) atoms. The number of hydrogen-bond donors (Lipinski definition) is 0. The molecule has 1 aromatic carbocycles. The first-order chi connectivity index (χ1) is 10.6. The zero-order valence-corrected chi connectivity index (χ0v) is 13.0. The number of carbonyl (C=O) groups excluding carboxylic acids is 3. The highest BCUT2D eigenvalue weighted by molar-refractivity contribution is 5.93. The van der Waals surface area contributed by atoms with Crippen LogP contribution in [0.5, 0.6) is 0 Å². The lowest BCUT2D eigenvalue weighted by Gasteiger charge is -2.26. The summed E-state index contributed by atoms with van der Waals surface area (Å²) in [6.07, 6.45) is 2.18. The largest absolute Gasteiger partial charge is 0.342 e. The zero-order valence-electron chi connectivity index (χ0n) is 13.0. The molecule has 0 spiro atoms. The molecule has 0 unspecified atom stereocenters. The fourth-order valence-electron chi connectivity index (χ4n) is 2.52. The van der Waals surface area contributed by atoms with Crippen LogP contribution in [0, 0.1) is 0 Å². The van der Waals surface area contributed by atoms with Gasteiger partial charge in [-0.15, -0.1) is 0 Å². The summed E-state index contributed by atoms with van der Waals surface area (Å²) in [6, 6.07) is 9.45. The van der Waals surface area contributed by atoms with Crippen LogP contribution in [0.15, 0.2) is 30.3 Å². The molecule has 0 atom stereocenters. The van der Waals surface area contributed by atoms with Crippen molar-refractivity contribution in [2.75, 3.05) is 25.0 Å². The lowest BCUT2D eigenvalue weighted by atomic mass is 10.1. The lowest BCUT2D eigenvalue weighted by molar-refractivity contribution is -0.134. The number of amides is 2. The Morgan fingerprint density at radius 2 is 1.73 bits per heavy atom. The van der Waals surface area contributed by atoms with Gasteiger partial charge in [-0.2, -0.15) is 0 Å². The third-order valence-electron chi connectivity index (χ3n) is 3.97. The van der Waals surface area contributed by atoms with Crippen molar-refractivity contribution in [1.29, 1.82) is 0 Å². The van der Waals surface area contributed by atoms with E-state index < -0.39 is 0 Å². The van der Waals surface area contributed by atoms with Crippen molar-refractivity contribution in [2.45, 2.75) is 32.1 Å². The molecule has 0 radical (unpaired) electrons. The second kappa shape index (κ2) is 7.73. The fraction of sp³-hybridized carbons (Fsp3) is 0.471. The number of Topliss-reactive ketones (excluding diaryl/α,β-unsaturated/α-hetero) is 1. The van der Waals surface area contributed by atoms with Gasteiger partial charge in [-0.25, -0.2) is 0 Å². The minimum absolute atomic E-state index is 0.00724. The molecule has 1 fully saturated rings. The summed E-state index contributed by atoms with van der Waals surface area (Å²) in [7, 11) is 1.75. The van der Waals surface area contributed by atoms with Gasteiger partial charge >= 0.3 is 0 Å². The Labute approximate surface area is 130 Å². The molecule has 0 aromatic heterocycles.